The van der Waals surface area contributed by atoms with Gasteiger partial charge in [-0.1, -0.05) is 18.2 Å². The van der Waals surface area contributed by atoms with Gasteiger partial charge in [-0.25, -0.2) is 0 Å². The van der Waals surface area contributed by atoms with Crippen molar-refractivity contribution in [3.8, 4) is 16.9 Å². The molecule has 2 aromatic carbocycles. The number of benzene rings is 2. The van der Waals surface area contributed by atoms with Crippen LogP contribution in [0, 0.1) is 5.21 Å². The number of amides is 1. The molecule has 1 saturated heterocycles. The highest BCUT2D eigenvalue weighted by Crippen LogP contribution is 2.33. The topological polar surface area (TPSA) is 96.3 Å². The van der Waals surface area contributed by atoms with Gasteiger partial charge in [0.25, 0.3) is 0 Å². The molecular weight excluding hydrogens is 336 g/mol. The van der Waals surface area contributed by atoms with E-state index in [4.69, 9.17) is 9.94 Å². The van der Waals surface area contributed by atoms with E-state index in [0.717, 1.165) is 11.1 Å². The molecule has 7 nitrogen and oxygen atoms in total. The number of carbonyl (C=O) groups excluding carboxylic acids is 1. The van der Waals surface area contributed by atoms with Crippen LogP contribution in [0.2, 0.25) is 0 Å². The maximum absolute atomic E-state index is 12.1. The van der Waals surface area contributed by atoms with E-state index in [1.807, 2.05) is 18.2 Å². The molecule has 26 heavy (non-hydrogen) atoms. The first-order valence-corrected chi connectivity index (χ1v) is 8.37. The second-order valence-corrected chi connectivity index (χ2v) is 6.25. The molecule has 138 valence electrons. The summed E-state index contributed by atoms with van der Waals surface area (Å²) in [5.41, 5.74) is 2.47. The van der Waals surface area contributed by atoms with Gasteiger partial charge < -0.3 is 25.2 Å². The summed E-state index contributed by atoms with van der Waals surface area (Å²) in [5, 5.41) is 29.6. The second-order valence-electron chi connectivity index (χ2n) is 6.25. The third-order valence-corrected chi connectivity index (χ3v) is 4.66. The van der Waals surface area contributed by atoms with Gasteiger partial charge in [0.2, 0.25) is 5.91 Å². The number of rotatable bonds is 6. The number of carbonyl (C=O) groups is 1. The van der Waals surface area contributed by atoms with E-state index in [1.54, 1.807) is 30.2 Å². The lowest BCUT2D eigenvalue weighted by molar-refractivity contribution is -0.130. The quantitative estimate of drug-likeness (QED) is 0.771. The normalized spacial score (nSPS) is 16.8. The number of nitrogens with zero attached hydrogens (tertiary/aromatic N) is 2. The molecule has 0 unspecified atom stereocenters. The van der Waals surface area contributed by atoms with Crippen LogP contribution in [0.15, 0.2) is 42.5 Å². The number of methoxy groups -OCH3 is 1. The predicted octanol–water partition coefficient (Wildman–Crippen LogP) is 2.54. The number of likely N-dealkylation sites (tertiary alicyclic amines) is 1. The number of hydrogen-bond acceptors (Lipinski definition) is 6. The fourth-order valence-corrected chi connectivity index (χ4v) is 3.27. The zero-order valence-corrected chi connectivity index (χ0v) is 14.5. The molecule has 0 spiro atoms. The Morgan fingerprint density at radius 1 is 1.31 bits per heavy atom. The van der Waals surface area contributed by atoms with Gasteiger partial charge in [-0.15, -0.1) is 0 Å². The van der Waals surface area contributed by atoms with Gasteiger partial charge in [-0.05, 0) is 41.8 Å². The van der Waals surface area contributed by atoms with E-state index in [2.05, 4.69) is 0 Å². The number of ether oxygens (including phenoxy) is 1. The van der Waals surface area contributed by atoms with Gasteiger partial charge in [-0.2, -0.15) is 0 Å². The summed E-state index contributed by atoms with van der Waals surface area (Å²) in [6.45, 7) is 0.348. The first-order chi connectivity index (χ1) is 12.5. The van der Waals surface area contributed by atoms with Crippen LogP contribution in [-0.2, 0) is 11.3 Å². The lowest BCUT2D eigenvalue weighted by atomic mass is 10.0. The average molecular weight is 357 g/mol. The van der Waals surface area contributed by atoms with Crippen LogP contribution in [0.4, 0.5) is 5.69 Å². The van der Waals surface area contributed by atoms with Gasteiger partial charge in [0.05, 0.1) is 25.4 Å². The highest BCUT2D eigenvalue weighted by atomic mass is 16.8. The van der Waals surface area contributed by atoms with Crippen molar-refractivity contribution in [3.05, 3.63) is 53.2 Å². The lowest BCUT2D eigenvalue weighted by Gasteiger charge is -2.24. The van der Waals surface area contributed by atoms with Crippen molar-refractivity contribution in [2.24, 2.45) is 0 Å². The van der Waals surface area contributed by atoms with Gasteiger partial charge in [0.15, 0.2) is 0 Å². The number of hydrogen-bond donors (Lipinski definition) is 2. The predicted molar refractivity (Wildman–Crippen MR) is 96.7 cm³/mol. The molecule has 1 aliphatic heterocycles. The number of anilines is 1. The van der Waals surface area contributed by atoms with Crippen molar-refractivity contribution in [1.29, 1.82) is 0 Å². The van der Waals surface area contributed by atoms with Crippen molar-refractivity contribution in [3.63, 3.8) is 0 Å². The van der Waals surface area contributed by atoms with Gasteiger partial charge in [0.1, 0.15) is 5.75 Å². The zero-order valence-electron chi connectivity index (χ0n) is 14.5. The van der Waals surface area contributed by atoms with Crippen LogP contribution in [0.5, 0.6) is 5.75 Å². The second kappa shape index (κ2) is 7.74. The van der Waals surface area contributed by atoms with Crippen LogP contribution in [0.25, 0.3) is 11.1 Å². The standard InChI is InChI=1S/C19H21N2O5/c1-26-18-7-5-13(11-20-16(12-22)6-8-19(20)23)9-17(18)14-3-2-4-15(10-14)21(24)25/h2-5,7,9-10,16,22,24H,6,8,11-12H2,1H3/q-1/t16-/m1/s1. The van der Waals surface area contributed by atoms with Gasteiger partial charge in [0, 0.05) is 18.5 Å². The van der Waals surface area contributed by atoms with Crippen LogP contribution < -0.4 is 9.96 Å². The first-order valence-electron chi connectivity index (χ1n) is 8.37. The molecule has 0 saturated carbocycles. The van der Waals surface area contributed by atoms with Crippen LogP contribution in [0.3, 0.4) is 0 Å². The Labute approximate surface area is 151 Å². The Kier molecular flexibility index (Phi) is 5.41. The fraction of sp³-hybridized carbons (Fsp3) is 0.316. The third kappa shape index (κ3) is 3.65. The molecule has 0 aromatic heterocycles. The molecule has 1 fully saturated rings. The van der Waals surface area contributed by atoms with E-state index < -0.39 is 0 Å². The zero-order chi connectivity index (χ0) is 18.7. The Bertz CT molecular complexity index is 793. The highest BCUT2D eigenvalue weighted by Gasteiger charge is 2.30. The van der Waals surface area contributed by atoms with E-state index in [-0.39, 0.29) is 29.5 Å². The van der Waals surface area contributed by atoms with E-state index in [1.165, 1.54) is 6.07 Å². The minimum absolute atomic E-state index is 0.0330. The van der Waals surface area contributed by atoms with Crippen molar-refractivity contribution >= 4 is 11.6 Å². The Balaban J connectivity index is 1.94. The summed E-state index contributed by atoms with van der Waals surface area (Å²) in [7, 11) is 1.56. The van der Waals surface area contributed by atoms with Gasteiger partial charge in [-0.3, -0.25) is 10.0 Å². The first kappa shape index (κ1) is 18.2. The maximum Gasteiger partial charge on any atom is 0.223 e. The summed E-state index contributed by atoms with van der Waals surface area (Å²) in [5.74, 6) is 0.651. The minimum atomic E-state index is -0.186. The van der Waals surface area contributed by atoms with Gasteiger partial charge >= 0.3 is 0 Å². The molecule has 1 amide bonds. The number of aliphatic hydroxyl groups excluding tert-OH is 1. The molecule has 0 bridgehead atoms. The summed E-state index contributed by atoms with van der Waals surface area (Å²) >= 11 is 0. The highest BCUT2D eigenvalue weighted by molar-refractivity contribution is 5.79. The molecule has 7 heteroatoms. The molecule has 2 aromatic rings. The average Bonchev–Trinajstić information content (AvgIpc) is 3.01. The van der Waals surface area contributed by atoms with Crippen molar-refractivity contribution in [2.45, 2.75) is 25.4 Å². The molecule has 1 heterocycles. The maximum atomic E-state index is 12.1. The monoisotopic (exact) mass is 357 g/mol. The molecule has 1 atom stereocenters. The summed E-state index contributed by atoms with van der Waals surface area (Å²) in [4.78, 5) is 13.8. The largest absolute Gasteiger partial charge is 0.733 e. The lowest BCUT2D eigenvalue weighted by Crippen LogP contribution is -2.34. The fourth-order valence-electron chi connectivity index (χ4n) is 3.27. The SMILES string of the molecule is COc1ccc(CN2C(=O)CC[C@@H]2CO)cc1-c1cccc(N([O-])O)c1. The Morgan fingerprint density at radius 2 is 2.12 bits per heavy atom. The summed E-state index contributed by atoms with van der Waals surface area (Å²) < 4.78 is 5.41. The van der Waals surface area contributed by atoms with Crippen LogP contribution in [0.1, 0.15) is 18.4 Å². The molecule has 1 aliphatic rings. The van der Waals surface area contributed by atoms with E-state index in [0.29, 0.717) is 30.7 Å². The minimum Gasteiger partial charge on any atom is -0.733 e. The third-order valence-electron chi connectivity index (χ3n) is 4.66. The molecule has 0 radical (unpaired) electrons. The van der Waals surface area contributed by atoms with E-state index in [9.17, 15) is 15.1 Å². The molecular formula is C19H21N2O5-. The van der Waals surface area contributed by atoms with E-state index >= 15 is 0 Å². The van der Waals surface area contributed by atoms with Crippen LogP contribution >= 0.6 is 0 Å². The molecule has 0 aliphatic carbocycles. The summed E-state index contributed by atoms with van der Waals surface area (Å²) in [6.07, 6.45) is 1.11. The van der Waals surface area contributed by atoms with Crippen molar-refractivity contribution in [2.75, 3.05) is 18.9 Å². The Morgan fingerprint density at radius 3 is 2.81 bits per heavy atom. The number of aliphatic hydroxyl groups is 1. The smallest absolute Gasteiger partial charge is 0.223 e. The molecule has 3 rings (SSSR count). The Hall–Kier alpha value is -2.61. The molecule has 2 N–H and O–H groups in total. The summed E-state index contributed by atoms with van der Waals surface area (Å²) in [6, 6.07) is 12.0. The van der Waals surface area contributed by atoms with Crippen molar-refractivity contribution in [1.82, 2.24) is 4.90 Å². The van der Waals surface area contributed by atoms with Crippen molar-refractivity contribution < 1.29 is 19.8 Å². The van der Waals surface area contributed by atoms with Crippen LogP contribution in [-0.4, -0.2) is 40.9 Å².